The topological polar surface area (TPSA) is 123 Å². The van der Waals surface area contributed by atoms with Gasteiger partial charge in [-0.1, -0.05) is 42.5 Å². The maximum absolute atomic E-state index is 12.7. The average molecular weight is 385 g/mol. The minimum absolute atomic E-state index is 0.00929. The molecule has 0 radical (unpaired) electrons. The highest BCUT2D eigenvalue weighted by Crippen LogP contribution is 2.42. The molecule has 2 saturated heterocycles. The molecular formula is C19H15NO8. The van der Waals surface area contributed by atoms with Gasteiger partial charge in [0.2, 0.25) is 5.39 Å². The number of aromatic hydroxyl groups is 1. The maximum Gasteiger partial charge on any atom is 0.365 e. The van der Waals surface area contributed by atoms with Crippen LogP contribution in [-0.4, -0.2) is 39.1 Å². The summed E-state index contributed by atoms with van der Waals surface area (Å²) in [6.07, 6.45) is -0.603. The Hall–Kier alpha value is -3.43. The first-order valence-electron chi connectivity index (χ1n) is 8.40. The van der Waals surface area contributed by atoms with Crippen LogP contribution in [0.15, 0.2) is 48.5 Å². The van der Waals surface area contributed by atoms with Gasteiger partial charge in [0.25, 0.3) is 0 Å². The number of fused-ring (bicyclic) bond motifs is 3. The van der Waals surface area contributed by atoms with Crippen LogP contribution in [0.1, 0.15) is 29.0 Å². The van der Waals surface area contributed by atoms with Crippen LogP contribution in [0, 0.1) is 0 Å². The molecule has 3 atom stereocenters. The number of rotatable bonds is 3. The molecule has 0 aliphatic carbocycles. The first kappa shape index (κ1) is 18.0. The van der Waals surface area contributed by atoms with Crippen LogP contribution in [0.4, 0.5) is 0 Å². The van der Waals surface area contributed by atoms with E-state index in [0.29, 0.717) is 5.56 Å². The standard InChI is InChI=1S/C19H15NO8/c21-14-8-4-7-12(13(14)9-11-5-2-1-3-6-11)16-17(23)27-20-26-15(22)10-19(16,25)18(24)28-20/h1-8,16,21,25H,9-10H2. The Labute approximate surface area is 158 Å². The fourth-order valence-electron chi connectivity index (χ4n) is 3.39. The molecule has 0 amide bonds. The Bertz CT molecular complexity index is 960. The molecule has 2 heterocycles. The second kappa shape index (κ2) is 6.63. The molecule has 4 rings (SSSR count). The van der Waals surface area contributed by atoms with Gasteiger partial charge < -0.3 is 15.1 Å². The minimum atomic E-state index is -2.56. The first-order valence-corrected chi connectivity index (χ1v) is 8.40. The zero-order valence-electron chi connectivity index (χ0n) is 14.4. The number of benzene rings is 2. The van der Waals surface area contributed by atoms with E-state index in [1.165, 1.54) is 18.2 Å². The largest absolute Gasteiger partial charge is 0.508 e. The number of hydrogen-bond acceptors (Lipinski definition) is 9. The van der Waals surface area contributed by atoms with E-state index in [1.807, 2.05) is 30.3 Å². The molecule has 9 heteroatoms. The molecule has 2 N–H and O–H groups in total. The fraction of sp³-hybridized carbons (Fsp3) is 0.211. The van der Waals surface area contributed by atoms with Gasteiger partial charge >= 0.3 is 17.9 Å². The second-order valence-electron chi connectivity index (χ2n) is 6.52. The molecule has 0 saturated carbocycles. The second-order valence-corrected chi connectivity index (χ2v) is 6.52. The predicted molar refractivity (Wildman–Crippen MR) is 89.8 cm³/mol. The SMILES string of the molecule is O=C1CC2(O)C(=O)ON(O1)OC(=O)C2c1cccc(O)c1Cc1ccccc1. The number of carbonyl (C=O) groups is 3. The van der Waals surface area contributed by atoms with E-state index < -0.39 is 35.8 Å². The van der Waals surface area contributed by atoms with Gasteiger partial charge in [0.05, 0.1) is 6.42 Å². The summed E-state index contributed by atoms with van der Waals surface area (Å²) in [5, 5.41) is 21.4. The van der Waals surface area contributed by atoms with Crippen LogP contribution >= 0.6 is 0 Å². The predicted octanol–water partition coefficient (Wildman–Crippen LogP) is 0.892. The van der Waals surface area contributed by atoms with E-state index in [9.17, 15) is 24.6 Å². The van der Waals surface area contributed by atoms with Crippen LogP contribution in [0.2, 0.25) is 0 Å². The van der Waals surface area contributed by atoms with Crippen molar-refractivity contribution in [3.63, 3.8) is 0 Å². The molecule has 144 valence electrons. The Morgan fingerprint density at radius 2 is 1.75 bits per heavy atom. The van der Waals surface area contributed by atoms with Crippen LogP contribution in [-0.2, 0) is 35.3 Å². The van der Waals surface area contributed by atoms with Crippen molar-refractivity contribution in [1.29, 1.82) is 0 Å². The maximum atomic E-state index is 12.7. The van der Waals surface area contributed by atoms with Gasteiger partial charge in [0, 0.05) is 12.0 Å². The van der Waals surface area contributed by atoms with Crippen LogP contribution in [0.3, 0.4) is 0 Å². The van der Waals surface area contributed by atoms with Crippen molar-refractivity contribution in [3.8, 4) is 5.75 Å². The van der Waals surface area contributed by atoms with E-state index in [1.54, 1.807) is 0 Å². The summed E-state index contributed by atoms with van der Waals surface area (Å²) >= 11 is 0. The number of phenolic OH excluding ortho intramolecular Hbond substituents is 1. The summed E-state index contributed by atoms with van der Waals surface area (Å²) in [7, 11) is 0. The van der Waals surface area contributed by atoms with Crippen molar-refractivity contribution in [2.24, 2.45) is 0 Å². The monoisotopic (exact) mass is 385 g/mol. The van der Waals surface area contributed by atoms with Gasteiger partial charge in [0.15, 0.2) is 5.60 Å². The van der Waals surface area contributed by atoms with E-state index in [0.717, 1.165) is 5.56 Å². The molecule has 0 spiro atoms. The zero-order valence-corrected chi connectivity index (χ0v) is 14.4. The summed E-state index contributed by atoms with van der Waals surface area (Å²) in [4.78, 5) is 50.9. The van der Waals surface area contributed by atoms with Crippen molar-refractivity contribution in [2.75, 3.05) is 0 Å². The summed E-state index contributed by atoms with van der Waals surface area (Å²) in [6.45, 7) is 0. The Morgan fingerprint density at radius 3 is 2.50 bits per heavy atom. The lowest BCUT2D eigenvalue weighted by atomic mass is 9.77. The molecule has 2 aromatic carbocycles. The summed E-state index contributed by atoms with van der Waals surface area (Å²) in [6, 6.07) is 13.5. The molecule has 2 bridgehead atoms. The quantitative estimate of drug-likeness (QED) is 0.793. The molecule has 28 heavy (non-hydrogen) atoms. The number of nitrogens with zero attached hydrogens (tertiary/aromatic N) is 1. The fourth-order valence-corrected chi connectivity index (χ4v) is 3.39. The minimum Gasteiger partial charge on any atom is -0.508 e. The Balaban J connectivity index is 1.85. The number of aliphatic hydroxyl groups is 1. The van der Waals surface area contributed by atoms with Gasteiger partial charge in [-0.25, -0.2) is 14.4 Å². The highest BCUT2D eigenvalue weighted by atomic mass is 17.2. The Morgan fingerprint density at radius 1 is 1.00 bits per heavy atom. The number of phenols is 1. The van der Waals surface area contributed by atoms with Gasteiger partial charge in [0.1, 0.15) is 11.7 Å². The van der Waals surface area contributed by atoms with E-state index in [2.05, 4.69) is 9.68 Å². The highest BCUT2D eigenvalue weighted by molar-refractivity contribution is 5.96. The molecule has 3 unspecified atom stereocenters. The molecule has 2 aliphatic heterocycles. The molecule has 2 aliphatic rings. The van der Waals surface area contributed by atoms with E-state index in [4.69, 9.17) is 4.84 Å². The van der Waals surface area contributed by atoms with Gasteiger partial charge in [-0.15, -0.1) is 0 Å². The Kier molecular flexibility index (Phi) is 4.25. The molecule has 9 nitrogen and oxygen atoms in total. The lowest BCUT2D eigenvalue weighted by molar-refractivity contribution is -0.459. The summed E-state index contributed by atoms with van der Waals surface area (Å²) in [5.41, 5.74) is -1.28. The van der Waals surface area contributed by atoms with Crippen molar-refractivity contribution in [2.45, 2.75) is 24.4 Å². The van der Waals surface area contributed by atoms with E-state index in [-0.39, 0.29) is 23.1 Å². The smallest absolute Gasteiger partial charge is 0.365 e. The molecular weight excluding hydrogens is 370 g/mol. The number of carbonyl (C=O) groups excluding carboxylic acids is 3. The molecule has 2 aromatic rings. The molecule has 0 aromatic heterocycles. The molecule has 2 fully saturated rings. The van der Waals surface area contributed by atoms with Crippen LogP contribution in [0.5, 0.6) is 5.75 Å². The third kappa shape index (κ3) is 2.96. The van der Waals surface area contributed by atoms with Crippen molar-refractivity contribution < 1.29 is 39.1 Å². The lowest BCUT2D eigenvalue weighted by Gasteiger charge is -2.29. The average Bonchev–Trinajstić information content (AvgIpc) is 2.79. The normalized spacial score (nSPS) is 26.7. The third-order valence-corrected chi connectivity index (χ3v) is 4.70. The highest BCUT2D eigenvalue weighted by Gasteiger charge is 2.59. The summed E-state index contributed by atoms with van der Waals surface area (Å²) in [5.74, 6) is -5.10. The number of hydrogen-bond donors (Lipinski definition) is 2. The first-order chi connectivity index (χ1) is 13.4. The summed E-state index contributed by atoms with van der Waals surface area (Å²) < 4.78 is 0. The van der Waals surface area contributed by atoms with Crippen molar-refractivity contribution in [3.05, 3.63) is 65.2 Å². The van der Waals surface area contributed by atoms with Crippen LogP contribution < -0.4 is 0 Å². The van der Waals surface area contributed by atoms with Crippen molar-refractivity contribution in [1.82, 2.24) is 5.39 Å². The van der Waals surface area contributed by atoms with Crippen molar-refractivity contribution >= 4 is 17.9 Å². The van der Waals surface area contributed by atoms with Crippen LogP contribution in [0.25, 0.3) is 0 Å². The van der Waals surface area contributed by atoms with Gasteiger partial charge in [-0.05, 0) is 17.2 Å². The van der Waals surface area contributed by atoms with Gasteiger partial charge in [-0.2, -0.15) is 0 Å². The lowest BCUT2D eigenvalue weighted by Crippen LogP contribution is -2.48. The third-order valence-electron chi connectivity index (χ3n) is 4.70. The van der Waals surface area contributed by atoms with E-state index >= 15 is 0 Å². The zero-order chi connectivity index (χ0) is 19.9. The van der Waals surface area contributed by atoms with Gasteiger partial charge in [-0.3, -0.25) is 9.68 Å².